The standard InChI is InChI=1S/C16H18N2O3/c17-9-11-4-3-5-12(8-11)10-18-15(19)13-6-1-2-7-14(13)16(20)21/h3-5,8,13-14H,1-2,6-7,10H2,(H,18,19)(H,20,21). The van der Waals surface area contributed by atoms with Gasteiger partial charge >= 0.3 is 5.97 Å². The maximum atomic E-state index is 12.2. The van der Waals surface area contributed by atoms with Crippen molar-refractivity contribution in [1.82, 2.24) is 5.32 Å². The Morgan fingerprint density at radius 2 is 2.00 bits per heavy atom. The quantitative estimate of drug-likeness (QED) is 0.886. The predicted molar refractivity (Wildman–Crippen MR) is 76.1 cm³/mol. The zero-order valence-corrected chi connectivity index (χ0v) is 11.7. The number of hydrogen-bond acceptors (Lipinski definition) is 3. The van der Waals surface area contributed by atoms with Crippen LogP contribution in [0.4, 0.5) is 0 Å². The van der Waals surface area contributed by atoms with Gasteiger partial charge in [-0.25, -0.2) is 0 Å². The smallest absolute Gasteiger partial charge is 0.307 e. The Bertz CT molecular complexity index is 577. The number of rotatable bonds is 4. The fourth-order valence-corrected chi connectivity index (χ4v) is 2.81. The molecule has 0 bridgehead atoms. The molecule has 1 aliphatic carbocycles. The van der Waals surface area contributed by atoms with Gasteiger partial charge in [-0.1, -0.05) is 25.0 Å². The summed E-state index contributed by atoms with van der Waals surface area (Å²) < 4.78 is 0. The first kappa shape index (κ1) is 15.0. The molecule has 0 aliphatic heterocycles. The van der Waals surface area contributed by atoms with E-state index in [9.17, 15) is 14.7 Å². The van der Waals surface area contributed by atoms with Crippen molar-refractivity contribution < 1.29 is 14.7 Å². The molecular weight excluding hydrogens is 268 g/mol. The summed E-state index contributed by atoms with van der Waals surface area (Å²) in [6.07, 6.45) is 2.95. The van der Waals surface area contributed by atoms with Crippen molar-refractivity contribution in [3.63, 3.8) is 0 Å². The third kappa shape index (κ3) is 3.82. The van der Waals surface area contributed by atoms with Crippen LogP contribution < -0.4 is 5.32 Å². The average Bonchev–Trinajstić information content (AvgIpc) is 2.52. The Morgan fingerprint density at radius 1 is 1.29 bits per heavy atom. The van der Waals surface area contributed by atoms with Gasteiger partial charge in [0.05, 0.1) is 23.5 Å². The Hall–Kier alpha value is -2.35. The molecule has 21 heavy (non-hydrogen) atoms. The number of carboxylic acids is 1. The van der Waals surface area contributed by atoms with E-state index in [0.717, 1.165) is 18.4 Å². The molecule has 0 radical (unpaired) electrons. The molecular formula is C16H18N2O3. The summed E-state index contributed by atoms with van der Waals surface area (Å²) in [5.41, 5.74) is 1.38. The molecule has 1 fully saturated rings. The zero-order chi connectivity index (χ0) is 15.2. The monoisotopic (exact) mass is 286 g/mol. The fourth-order valence-electron chi connectivity index (χ4n) is 2.81. The molecule has 0 saturated heterocycles. The largest absolute Gasteiger partial charge is 0.481 e. The van der Waals surface area contributed by atoms with E-state index in [1.165, 1.54) is 0 Å². The highest BCUT2D eigenvalue weighted by Crippen LogP contribution is 2.30. The van der Waals surface area contributed by atoms with Crippen molar-refractivity contribution in [1.29, 1.82) is 5.26 Å². The van der Waals surface area contributed by atoms with Crippen molar-refractivity contribution in [2.45, 2.75) is 32.2 Å². The number of benzene rings is 1. The molecule has 1 aliphatic rings. The van der Waals surface area contributed by atoms with Crippen LogP contribution in [0.25, 0.3) is 0 Å². The maximum Gasteiger partial charge on any atom is 0.307 e. The van der Waals surface area contributed by atoms with Gasteiger partial charge in [-0.3, -0.25) is 9.59 Å². The molecule has 0 aromatic heterocycles. The molecule has 1 amide bonds. The van der Waals surface area contributed by atoms with Gasteiger partial charge in [0, 0.05) is 6.54 Å². The number of carboxylic acid groups (broad SMARTS) is 1. The number of carbonyl (C=O) groups excluding carboxylic acids is 1. The van der Waals surface area contributed by atoms with Crippen molar-refractivity contribution in [2.24, 2.45) is 11.8 Å². The van der Waals surface area contributed by atoms with E-state index in [2.05, 4.69) is 5.32 Å². The summed E-state index contributed by atoms with van der Waals surface area (Å²) in [6, 6.07) is 9.06. The van der Waals surface area contributed by atoms with Crippen LogP contribution in [0.5, 0.6) is 0 Å². The van der Waals surface area contributed by atoms with E-state index in [1.54, 1.807) is 18.2 Å². The number of nitrogens with one attached hydrogen (secondary N) is 1. The molecule has 2 N–H and O–H groups in total. The average molecular weight is 286 g/mol. The van der Waals surface area contributed by atoms with Crippen LogP contribution in [0.3, 0.4) is 0 Å². The second-order valence-corrected chi connectivity index (χ2v) is 5.37. The third-order valence-electron chi connectivity index (χ3n) is 3.94. The predicted octanol–water partition coefficient (Wildman–Crippen LogP) is 2.07. The molecule has 5 heteroatoms. The Morgan fingerprint density at radius 3 is 2.67 bits per heavy atom. The summed E-state index contributed by atoms with van der Waals surface area (Å²) in [4.78, 5) is 23.4. The second-order valence-electron chi connectivity index (χ2n) is 5.37. The molecule has 1 saturated carbocycles. The Balaban J connectivity index is 1.97. The van der Waals surface area contributed by atoms with Crippen LogP contribution in [-0.4, -0.2) is 17.0 Å². The minimum Gasteiger partial charge on any atom is -0.481 e. The van der Waals surface area contributed by atoms with Gasteiger partial charge in [-0.2, -0.15) is 5.26 Å². The third-order valence-corrected chi connectivity index (χ3v) is 3.94. The van der Waals surface area contributed by atoms with Crippen molar-refractivity contribution in [2.75, 3.05) is 0 Å². The summed E-state index contributed by atoms with van der Waals surface area (Å²) in [6.45, 7) is 0.317. The highest BCUT2D eigenvalue weighted by atomic mass is 16.4. The molecule has 2 unspecified atom stereocenters. The number of hydrogen-bond donors (Lipinski definition) is 2. The Kier molecular flexibility index (Phi) is 4.94. The lowest BCUT2D eigenvalue weighted by Gasteiger charge is -2.27. The van der Waals surface area contributed by atoms with Gasteiger partial charge in [0.1, 0.15) is 0 Å². The van der Waals surface area contributed by atoms with E-state index in [1.807, 2.05) is 12.1 Å². The summed E-state index contributed by atoms with van der Waals surface area (Å²) in [5.74, 6) is -2.12. The molecule has 2 rings (SSSR count). The summed E-state index contributed by atoms with van der Waals surface area (Å²) in [5, 5.41) is 20.8. The van der Waals surface area contributed by atoms with Crippen molar-refractivity contribution >= 4 is 11.9 Å². The first-order chi connectivity index (χ1) is 10.1. The second kappa shape index (κ2) is 6.89. The van der Waals surface area contributed by atoms with Crippen LogP contribution in [0.2, 0.25) is 0 Å². The first-order valence-corrected chi connectivity index (χ1v) is 7.11. The molecule has 110 valence electrons. The molecule has 5 nitrogen and oxygen atoms in total. The number of aliphatic carboxylic acids is 1. The molecule has 1 aromatic carbocycles. The fraction of sp³-hybridized carbons (Fsp3) is 0.438. The normalized spacial score (nSPS) is 21.3. The zero-order valence-electron chi connectivity index (χ0n) is 11.7. The van der Waals surface area contributed by atoms with Gasteiger partial charge in [0.2, 0.25) is 5.91 Å². The molecule has 2 atom stereocenters. The minimum absolute atomic E-state index is 0.204. The van der Waals surface area contributed by atoms with Crippen molar-refractivity contribution in [3.8, 4) is 6.07 Å². The minimum atomic E-state index is -0.888. The van der Waals surface area contributed by atoms with Crippen LogP contribution in [0.15, 0.2) is 24.3 Å². The van der Waals surface area contributed by atoms with Gasteiger partial charge in [0.15, 0.2) is 0 Å². The maximum absolute atomic E-state index is 12.2. The van der Waals surface area contributed by atoms with E-state index >= 15 is 0 Å². The van der Waals surface area contributed by atoms with Crippen LogP contribution >= 0.6 is 0 Å². The van der Waals surface area contributed by atoms with Gasteiger partial charge in [0.25, 0.3) is 0 Å². The number of amides is 1. The highest BCUT2D eigenvalue weighted by molar-refractivity contribution is 5.84. The van der Waals surface area contributed by atoms with Gasteiger partial charge in [-0.05, 0) is 30.5 Å². The molecule has 0 heterocycles. The number of nitriles is 1. The summed E-state index contributed by atoms with van der Waals surface area (Å²) in [7, 11) is 0. The molecule has 1 aromatic rings. The lowest BCUT2D eigenvalue weighted by atomic mass is 9.78. The summed E-state index contributed by atoms with van der Waals surface area (Å²) >= 11 is 0. The van der Waals surface area contributed by atoms with Gasteiger partial charge < -0.3 is 10.4 Å². The van der Waals surface area contributed by atoms with Crippen LogP contribution in [-0.2, 0) is 16.1 Å². The van der Waals surface area contributed by atoms with Gasteiger partial charge in [-0.15, -0.1) is 0 Å². The first-order valence-electron chi connectivity index (χ1n) is 7.11. The van der Waals surface area contributed by atoms with Crippen LogP contribution in [0, 0.1) is 23.2 Å². The Labute approximate surface area is 123 Å². The van der Waals surface area contributed by atoms with E-state index in [0.29, 0.717) is 24.9 Å². The topological polar surface area (TPSA) is 90.2 Å². The lowest BCUT2D eigenvalue weighted by molar-refractivity contribution is -0.148. The van der Waals surface area contributed by atoms with E-state index in [4.69, 9.17) is 5.26 Å². The van der Waals surface area contributed by atoms with Crippen LogP contribution in [0.1, 0.15) is 36.8 Å². The highest BCUT2D eigenvalue weighted by Gasteiger charge is 2.35. The van der Waals surface area contributed by atoms with Crippen molar-refractivity contribution in [3.05, 3.63) is 35.4 Å². The van der Waals surface area contributed by atoms with E-state index < -0.39 is 17.8 Å². The SMILES string of the molecule is N#Cc1cccc(CNC(=O)C2CCCCC2C(=O)O)c1. The number of nitrogens with zero attached hydrogens (tertiary/aromatic N) is 1. The van der Waals surface area contributed by atoms with E-state index in [-0.39, 0.29) is 5.91 Å². The lowest BCUT2D eigenvalue weighted by Crippen LogP contribution is -2.39. The number of carbonyl (C=O) groups is 2. The molecule has 0 spiro atoms.